The quantitative estimate of drug-likeness (QED) is 0.621. The largest absolute Gasteiger partial charge is 0.497 e. The third-order valence-electron chi connectivity index (χ3n) is 3.16. The smallest absolute Gasteiger partial charge is 0.129 e. The van der Waals surface area contributed by atoms with Crippen molar-refractivity contribution in [3.8, 4) is 11.4 Å². The normalized spacial score (nSPS) is 11.0. The Hall–Kier alpha value is -1.42. The third-order valence-corrected chi connectivity index (χ3v) is 3.83. The fourth-order valence-corrected chi connectivity index (χ4v) is 2.98. The highest BCUT2D eigenvalue weighted by Crippen LogP contribution is 2.29. The number of rotatable bonds is 3. The molecule has 0 saturated heterocycles. The monoisotopic (exact) mass is 340 g/mol. The van der Waals surface area contributed by atoms with Crippen LogP contribution in [0.1, 0.15) is 5.82 Å². The van der Waals surface area contributed by atoms with Crippen LogP contribution >= 0.6 is 34.8 Å². The molecule has 0 aliphatic carbocycles. The van der Waals surface area contributed by atoms with Gasteiger partial charge in [-0.3, -0.25) is 4.57 Å². The van der Waals surface area contributed by atoms with Crippen LogP contribution in [0.3, 0.4) is 0 Å². The minimum atomic E-state index is 0.279. The second kappa shape index (κ2) is 5.76. The number of methoxy groups -OCH3 is 1. The molecule has 0 radical (unpaired) electrons. The van der Waals surface area contributed by atoms with E-state index in [4.69, 9.17) is 39.5 Å². The summed E-state index contributed by atoms with van der Waals surface area (Å²) in [5, 5.41) is 1.13. The maximum absolute atomic E-state index is 6.09. The number of fused-ring (bicyclic) bond motifs is 1. The Balaban J connectivity index is 2.29. The van der Waals surface area contributed by atoms with Gasteiger partial charge in [0, 0.05) is 16.1 Å². The van der Waals surface area contributed by atoms with E-state index in [1.165, 1.54) is 0 Å². The summed E-state index contributed by atoms with van der Waals surface area (Å²) in [4.78, 5) is 4.54. The van der Waals surface area contributed by atoms with E-state index in [0.717, 1.165) is 28.3 Å². The lowest BCUT2D eigenvalue weighted by Gasteiger charge is -2.09. The van der Waals surface area contributed by atoms with Crippen molar-refractivity contribution in [2.45, 2.75) is 5.88 Å². The first-order valence-electron chi connectivity index (χ1n) is 6.20. The molecule has 2 aromatic carbocycles. The molecule has 3 rings (SSSR count). The van der Waals surface area contributed by atoms with Gasteiger partial charge in [0.15, 0.2) is 0 Å². The van der Waals surface area contributed by atoms with E-state index in [9.17, 15) is 0 Å². The summed E-state index contributed by atoms with van der Waals surface area (Å²) < 4.78 is 7.17. The fraction of sp³-hybridized carbons (Fsp3) is 0.133. The Morgan fingerprint density at radius 1 is 1.10 bits per heavy atom. The molecule has 0 aliphatic rings. The molecular formula is C15H11Cl3N2O. The van der Waals surface area contributed by atoms with Gasteiger partial charge < -0.3 is 4.74 Å². The van der Waals surface area contributed by atoms with Crippen molar-refractivity contribution in [3.05, 3.63) is 52.3 Å². The van der Waals surface area contributed by atoms with Crippen molar-refractivity contribution in [2.75, 3.05) is 7.11 Å². The second-order valence-electron chi connectivity index (χ2n) is 4.48. The van der Waals surface area contributed by atoms with E-state index in [-0.39, 0.29) is 5.88 Å². The van der Waals surface area contributed by atoms with Crippen molar-refractivity contribution in [3.63, 3.8) is 0 Å². The lowest BCUT2D eigenvalue weighted by atomic mass is 10.2. The lowest BCUT2D eigenvalue weighted by Crippen LogP contribution is -1.99. The van der Waals surface area contributed by atoms with Crippen LogP contribution in [-0.2, 0) is 5.88 Å². The lowest BCUT2D eigenvalue weighted by molar-refractivity contribution is 0.415. The molecule has 3 nitrogen and oxygen atoms in total. The van der Waals surface area contributed by atoms with Gasteiger partial charge in [0.2, 0.25) is 0 Å². The topological polar surface area (TPSA) is 27.1 Å². The predicted octanol–water partition coefficient (Wildman–Crippen LogP) is 5.08. The standard InChI is InChI=1S/C15H11Cl3N2O/c1-21-12-2-3-14-13(7-12)19-15(8-16)20(14)11-5-9(17)4-10(18)6-11/h2-7H,8H2,1H3. The van der Waals surface area contributed by atoms with Crippen LogP contribution in [0.15, 0.2) is 36.4 Å². The van der Waals surface area contributed by atoms with E-state index < -0.39 is 0 Å². The molecule has 0 atom stereocenters. The summed E-state index contributed by atoms with van der Waals surface area (Å²) in [5.74, 6) is 1.75. The molecule has 3 aromatic rings. The van der Waals surface area contributed by atoms with Crippen LogP contribution in [-0.4, -0.2) is 16.7 Å². The number of nitrogens with zero attached hydrogens (tertiary/aromatic N) is 2. The average molecular weight is 342 g/mol. The maximum Gasteiger partial charge on any atom is 0.129 e. The van der Waals surface area contributed by atoms with Gasteiger partial charge in [-0.05, 0) is 30.3 Å². The van der Waals surface area contributed by atoms with Crippen molar-refractivity contribution in [1.29, 1.82) is 0 Å². The summed E-state index contributed by atoms with van der Waals surface area (Å²) in [6.45, 7) is 0. The van der Waals surface area contributed by atoms with E-state index in [0.29, 0.717) is 10.0 Å². The van der Waals surface area contributed by atoms with Gasteiger partial charge in [-0.1, -0.05) is 23.2 Å². The highest BCUT2D eigenvalue weighted by Gasteiger charge is 2.13. The van der Waals surface area contributed by atoms with Crippen molar-refractivity contribution in [1.82, 2.24) is 9.55 Å². The number of hydrogen-bond donors (Lipinski definition) is 0. The molecule has 0 fully saturated rings. The maximum atomic E-state index is 6.09. The highest BCUT2D eigenvalue weighted by molar-refractivity contribution is 6.34. The number of alkyl halides is 1. The highest BCUT2D eigenvalue weighted by atomic mass is 35.5. The Morgan fingerprint density at radius 3 is 2.43 bits per heavy atom. The van der Waals surface area contributed by atoms with Gasteiger partial charge in [-0.2, -0.15) is 0 Å². The van der Waals surface area contributed by atoms with E-state index in [1.807, 2.05) is 34.9 Å². The Labute approximate surface area is 137 Å². The van der Waals surface area contributed by atoms with Crippen molar-refractivity contribution >= 4 is 45.8 Å². The van der Waals surface area contributed by atoms with E-state index in [1.54, 1.807) is 13.2 Å². The minimum absolute atomic E-state index is 0.279. The third kappa shape index (κ3) is 2.69. The summed E-state index contributed by atoms with van der Waals surface area (Å²) in [6.07, 6.45) is 0. The number of halogens is 3. The van der Waals surface area contributed by atoms with Gasteiger partial charge in [0.05, 0.1) is 29.7 Å². The number of ether oxygens (including phenoxy) is 1. The van der Waals surface area contributed by atoms with Crippen molar-refractivity contribution in [2.24, 2.45) is 0 Å². The van der Waals surface area contributed by atoms with Gasteiger partial charge in [0.1, 0.15) is 11.6 Å². The molecule has 0 amide bonds. The number of aromatic nitrogens is 2. The number of hydrogen-bond acceptors (Lipinski definition) is 2. The molecule has 1 aromatic heterocycles. The van der Waals surface area contributed by atoms with Gasteiger partial charge in [-0.15, -0.1) is 11.6 Å². The zero-order valence-corrected chi connectivity index (χ0v) is 13.4. The molecular weight excluding hydrogens is 331 g/mol. The Morgan fingerprint density at radius 2 is 1.81 bits per heavy atom. The van der Waals surface area contributed by atoms with Crippen LogP contribution in [0.5, 0.6) is 5.75 Å². The molecule has 0 spiro atoms. The molecule has 1 heterocycles. The molecule has 6 heteroatoms. The van der Waals surface area contributed by atoms with E-state index >= 15 is 0 Å². The van der Waals surface area contributed by atoms with Gasteiger partial charge in [-0.25, -0.2) is 4.98 Å². The fourth-order valence-electron chi connectivity index (χ4n) is 2.28. The zero-order valence-electron chi connectivity index (χ0n) is 11.1. The average Bonchev–Trinajstić information content (AvgIpc) is 2.83. The van der Waals surface area contributed by atoms with Crippen LogP contribution in [0, 0.1) is 0 Å². The molecule has 0 N–H and O–H groups in total. The molecule has 0 aliphatic heterocycles. The summed E-state index contributed by atoms with van der Waals surface area (Å²) >= 11 is 18.2. The van der Waals surface area contributed by atoms with Crippen molar-refractivity contribution < 1.29 is 4.74 Å². The second-order valence-corrected chi connectivity index (χ2v) is 5.62. The summed E-state index contributed by atoms with van der Waals surface area (Å²) in [5.41, 5.74) is 2.56. The molecule has 0 bridgehead atoms. The van der Waals surface area contributed by atoms with Gasteiger partial charge in [0.25, 0.3) is 0 Å². The summed E-state index contributed by atoms with van der Waals surface area (Å²) in [7, 11) is 1.62. The molecule has 0 saturated carbocycles. The predicted molar refractivity (Wildman–Crippen MR) is 87.2 cm³/mol. The molecule has 108 valence electrons. The van der Waals surface area contributed by atoms with Crippen LogP contribution in [0.2, 0.25) is 10.0 Å². The first-order valence-corrected chi connectivity index (χ1v) is 7.49. The molecule has 0 unspecified atom stereocenters. The summed E-state index contributed by atoms with van der Waals surface area (Å²) in [6, 6.07) is 11.0. The number of imidazole rings is 1. The zero-order chi connectivity index (χ0) is 15.0. The van der Waals surface area contributed by atoms with Crippen LogP contribution < -0.4 is 4.74 Å². The van der Waals surface area contributed by atoms with Crippen LogP contribution in [0.4, 0.5) is 0 Å². The Kier molecular flexibility index (Phi) is 3.98. The van der Waals surface area contributed by atoms with Gasteiger partial charge >= 0.3 is 0 Å². The SMILES string of the molecule is COc1ccc2c(c1)nc(CCl)n2-c1cc(Cl)cc(Cl)c1. The van der Waals surface area contributed by atoms with E-state index in [2.05, 4.69) is 4.98 Å². The first kappa shape index (κ1) is 14.5. The Bertz CT molecular complexity index is 794. The number of benzene rings is 2. The minimum Gasteiger partial charge on any atom is -0.497 e. The molecule has 21 heavy (non-hydrogen) atoms. The van der Waals surface area contributed by atoms with Crippen LogP contribution in [0.25, 0.3) is 16.7 Å². The first-order chi connectivity index (χ1) is 10.1.